The number of rotatable bonds is 3. The van der Waals surface area contributed by atoms with Crippen LogP contribution in [0.2, 0.25) is 0 Å². The van der Waals surface area contributed by atoms with Crippen LogP contribution >= 0.6 is 23.2 Å². The summed E-state index contributed by atoms with van der Waals surface area (Å²) in [5.74, 6) is -5.15. The smallest absolute Gasteiger partial charge is 0.253 e. The van der Waals surface area contributed by atoms with E-state index in [-0.39, 0.29) is 30.4 Å². The van der Waals surface area contributed by atoms with Crippen LogP contribution in [0.5, 0.6) is 5.75 Å². The Labute approximate surface area is 235 Å². The van der Waals surface area contributed by atoms with Crippen molar-refractivity contribution in [3.05, 3.63) is 77.4 Å². The molecular formula is C30H26Cl2N2O5. The molecule has 0 unspecified atom stereocenters. The molecule has 0 spiro atoms. The molecule has 2 aromatic rings. The summed E-state index contributed by atoms with van der Waals surface area (Å²) in [6, 6.07) is 12.1. The maximum absolute atomic E-state index is 14.0. The van der Waals surface area contributed by atoms with Crippen molar-refractivity contribution in [2.45, 2.75) is 35.4 Å². The van der Waals surface area contributed by atoms with Crippen LogP contribution in [-0.4, -0.2) is 50.4 Å². The van der Waals surface area contributed by atoms with E-state index in [9.17, 15) is 24.3 Å². The number of aryl methyl sites for hydroxylation is 1. The van der Waals surface area contributed by atoms with Crippen LogP contribution in [0.1, 0.15) is 35.4 Å². The van der Waals surface area contributed by atoms with Crippen LogP contribution in [0.15, 0.2) is 60.7 Å². The highest BCUT2D eigenvalue weighted by Gasteiger charge is 2.76. The van der Waals surface area contributed by atoms with E-state index >= 15 is 0 Å². The van der Waals surface area contributed by atoms with Gasteiger partial charge < -0.3 is 5.11 Å². The largest absolute Gasteiger partial charge is 0.507 e. The number of amides is 4. The van der Waals surface area contributed by atoms with Gasteiger partial charge in [0.15, 0.2) is 9.75 Å². The Morgan fingerprint density at radius 1 is 1.00 bits per heavy atom. The van der Waals surface area contributed by atoms with Crippen molar-refractivity contribution in [1.29, 1.82) is 0 Å². The first-order valence-electron chi connectivity index (χ1n) is 12.8. The lowest BCUT2D eigenvalue weighted by atomic mass is 9.56. The molecule has 3 fully saturated rings. The van der Waals surface area contributed by atoms with Crippen molar-refractivity contribution in [2.24, 2.45) is 17.8 Å². The number of phenolic OH excluding ortho intramolecular Hbond substituents is 1. The quantitative estimate of drug-likeness (QED) is 0.335. The summed E-state index contributed by atoms with van der Waals surface area (Å²) < 4.78 is 0. The Balaban J connectivity index is 1.51. The number of hydrogen-bond donors (Lipinski definition) is 1. The summed E-state index contributed by atoms with van der Waals surface area (Å²) in [4.78, 5) is 53.0. The zero-order valence-electron chi connectivity index (χ0n) is 21.4. The van der Waals surface area contributed by atoms with Crippen LogP contribution < -0.4 is 4.90 Å². The fourth-order valence-electron chi connectivity index (χ4n) is 7.02. The highest BCUT2D eigenvalue weighted by molar-refractivity contribution is 6.53. The Kier molecular flexibility index (Phi) is 5.66. The number of aromatic hydroxyl groups is 1. The predicted octanol–water partition coefficient (Wildman–Crippen LogP) is 4.54. The molecule has 6 atom stereocenters. The maximum Gasteiger partial charge on any atom is 0.253 e. The molecular weight excluding hydrogens is 539 g/mol. The Morgan fingerprint density at radius 3 is 2.36 bits per heavy atom. The van der Waals surface area contributed by atoms with Gasteiger partial charge in [0.2, 0.25) is 11.8 Å². The molecule has 9 heteroatoms. The van der Waals surface area contributed by atoms with E-state index in [4.69, 9.17) is 23.2 Å². The number of hydrogen-bond acceptors (Lipinski definition) is 5. The second-order valence-electron chi connectivity index (χ2n) is 10.8. The zero-order chi connectivity index (χ0) is 28.0. The van der Waals surface area contributed by atoms with E-state index in [1.54, 1.807) is 55.5 Å². The van der Waals surface area contributed by atoms with E-state index in [1.165, 1.54) is 11.9 Å². The van der Waals surface area contributed by atoms with E-state index in [1.807, 2.05) is 6.08 Å². The van der Waals surface area contributed by atoms with Gasteiger partial charge in [-0.25, -0.2) is 0 Å². The van der Waals surface area contributed by atoms with E-state index in [2.05, 4.69) is 6.58 Å². The molecule has 6 rings (SSSR count). The van der Waals surface area contributed by atoms with Crippen LogP contribution in [-0.2, 0) is 19.2 Å². The molecule has 2 aromatic carbocycles. The third-order valence-corrected chi connectivity index (χ3v) is 10.4. The Bertz CT molecular complexity index is 1520. The van der Waals surface area contributed by atoms with Gasteiger partial charge in [-0.15, -0.1) is 23.2 Å². The van der Waals surface area contributed by atoms with Crippen molar-refractivity contribution in [3.8, 4) is 5.75 Å². The number of nitrogens with zero attached hydrogens (tertiary/aromatic N) is 2. The van der Waals surface area contributed by atoms with Gasteiger partial charge >= 0.3 is 0 Å². The zero-order valence-corrected chi connectivity index (χ0v) is 22.9. The van der Waals surface area contributed by atoms with Gasteiger partial charge in [-0.05, 0) is 48.9 Å². The fraction of sp³-hybridized carbons (Fsp3) is 0.333. The summed E-state index contributed by atoms with van der Waals surface area (Å²) >= 11 is 14.3. The summed E-state index contributed by atoms with van der Waals surface area (Å²) in [5, 5.41) is 11.1. The normalized spacial score (nSPS) is 33.6. The molecule has 2 saturated heterocycles. The van der Waals surface area contributed by atoms with Crippen molar-refractivity contribution in [2.75, 3.05) is 11.9 Å². The molecule has 0 aromatic heterocycles. The minimum Gasteiger partial charge on any atom is -0.507 e. The highest BCUT2D eigenvalue weighted by atomic mass is 35.5. The lowest BCUT2D eigenvalue weighted by Crippen LogP contribution is -2.60. The number of benzene rings is 2. The van der Waals surface area contributed by atoms with Gasteiger partial charge in [0.05, 0.1) is 17.5 Å². The van der Waals surface area contributed by atoms with Gasteiger partial charge in [-0.2, -0.15) is 0 Å². The molecule has 200 valence electrons. The second kappa shape index (κ2) is 8.54. The number of fused-ring (bicyclic) bond motifs is 4. The summed E-state index contributed by atoms with van der Waals surface area (Å²) in [5.41, 5.74) is 2.87. The van der Waals surface area contributed by atoms with Gasteiger partial charge in [0, 0.05) is 18.5 Å². The number of para-hydroxylation sites is 1. The maximum atomic E-state index is 14.0. The molecule has 1 saturated carbocycles. The number of allylic oxidation sites excluding steroid dienone is 2. The third kappa shape index (κ3) is 3.17. The average Bonchev–Trinajstić information content (AvgIpc) is 3.25. The number of carbonyl (C=O) groups is 4. The molecule has 7 nitrogen and oxygen atoms in total. The summed E-state index contributed by atoms with van der Waals surface area (Å²) in [6.45, 7) is 5.46. The van der Waals surface area contributed by atoms with Crippen LogP contribution in [0, 0.1) is 24.7 Å². The van der Waals surface area contributed by atoms with Crippen molar-refractivity contribution in [3.63, 3.8) is 0 Å². The van der Waals surface area contributed by atoms with Crippen molar-refractivity contribution < 1.29 is 24.3 Å². The number of imide groups is 2. The first-order valence-corrected chi connectivity index (χ1v) is 13.5. The highest BCUT2D eigenvalue weighted by Crippen LogP contribution is 2.66. The molecule has 1 N–H and O–H groups in total. The predicted molar refractivity (Wildman–Crippen MR) is 147 cm³/mol. The fourth-order valence-corrected chi connectivity index (χ4v) is 8.03. The Hall–Kier alpha value is -3.42. The van der Waals surface area contributed by atoms with Gasteiger partial charge in [-0.3, -0.25) is 29.0 Å². The molecule has 2 aliphatic heterocycles. The van der Waals surface area contributed by atoms with Crippen LogP contribution in [0.25, 0.3) is 6.08 Å². The number of alkyl halides is 2. The molecule has 2 aliphatic carbocycles. The summed E-state index contributed by atoms with van der Waals surface area (Å²) in [7, 11) is 1.34. The number of halogens is 2. The van der Waals surface area contributed by atoms with E-state index < -0.39 is 45.2 Å². The van der Waals surface area contributed by atoms with Gasteiger partial charge in [-0.1, -0.05) is 54.6 Å². The molecule has 39 heavy (non-hydrogen) atoms. The SMILES string of the molecule is C=Cc1ccc(N2C(=O)[C@H]3[C@H](CC=C4[C@H]3C[C@@]3(Cl)C(=O)N(C)C(=O)[C@@]3(Cl)[C@H]4c3cccc(C)c3O)C2=O)cc1. The van der Waals surface area contributed by atoms with Gasteiger partial charge in [0.1, 0.15) is 5.75 Å². The van der Waals surface area contributed by atoms with Crippen molar-refractivity contribution >= 4 is 58.6 Å². The molecule has 2 heterocycles. The minimum absolute atomic E-state index is 0.0576. The van der Waals surface area contributed by atoms with Gasteiger partial charge in [0.25, 0.3) is 11.8 Å². The number of phenols is 1. The second-order valence-corrected chi connectivity index (χ2v) is 12.1. The van der Waals surface area contributed by atoms with Crippen LogP contribution in [0.3, 0.4) is 0 Å². The summed E-state index contributed by atoms with van der Waals surface area (Å²) in [6.07, 6.45) is 3.69. The number of likely N-dealkylation sites (tertiary alicyclic amines) is 1. The topological polar surface area (TPSA) is 95.0 Å². The molecule has 4 aliphatic rings. The van der Waals surface area contributed by atoms with E-state index in [0.29, 0.717) is 22.4 Å². The molecule has 4 amide bonds. The lowest BCUT2D eigenvalue weighted by Gasteiger charge is -2.50. The lowest BCUT2D eigenvalue weighted by molar-refractivity contribution is -0.138. The first-order chi connectivity index (χ1) is 18.5. The van der Waals surface area contributed by atoms with E-state index in [0.717, 1.165) is 10.5 Å². The first kappa shape index (κ1) is 25.8. The minimum atomic E-state index is -1.92. The Morgan fingerprint density at radius 2 is 1.69 bits per heavy atom. The number of anilines is 1. The molecule has 0 radical (unpaired) electrons. The van der Waals surface area contributed by atoms with Crippen LogP contribution in [0.4, 0.5) is 5.69 Å². The monoisotopic (exact) mass is 564 g/mol. The number of carbonyl (C=O) groups excluding carboxylic acids is 4. The van der Waals surface area contributed by atoms with Crippen molar-refractivity contribution in [1.82, 2.24) is 4.90 Å². The molecule has 0 bridgehead atoms. The third-order valence-electron chi connectivity index (χ3n) is 8.98. The average molecular weight is 565 g/mol. The standard InChI is InChI=1S/C30H26Cl2N2O5/c1-4-16-8-10-17(11-9-16)34-25(36)19-13-12-18-21(22(19)26(34)37)14-29(31)27(38)33(3)28(39)30(29,32)23(18)20-7-5-6-15(2)24(20)35/h4-12,19,21-23,35H,1,13-14H2,2-3H3/t19-,21+,22-,23+,29+,30-/m0/s1.